The Morgan fingerprint density at radius 3 is 2.81 bits per heavy atom. The Morgan fingerprint density at radius 1 is 1.08 bits per heavy atom. The summed E-state index contributed by atoms with van der Waals surface area (Å²) in [7, 11) is 0. The van der Waals surface area contributed by atoms with E-state index in [0.717, 1.165) is 43.1 Å². The summed E-state index contributed by atoms with van der Waals surface area (Å²) in [5.41, 5.74) is 2.48. The Hall–Kier alpha value is -2.31. The molecule has 0 unspecified atom stereocenters. The molecule has 2 heterocycles. The molecule has 0 radical (unpaired) electrons. The second-order valence-corrected chi connectivity index (χ2v) is 7.13. The van der Waals surface area contributed by atoms with Crippen molar-refractivity contribution >= 4 is 17.3 Å². The summed E-state index contributed by atoms with van der Waals surface area (Å²) >= 11 is 5.46. The van der Waals surface area contributed by atoms with E-state index in [1.54, 1.807) is 0 Å². The van der Waals surface area contributed by atoms with Gasteiger partial charge in [-0.15, -0.1) is 0 Å². The highest BCUT2D eigenvalue weighted by molar-refractivity contribution is 7.80. The van der Waals surface area contributed by atoms with Crippen LogP contribution in [0.15, 0.2) is 48.5 Å². The molecule has 0 spiro atoms. The van der Waals surface area contributed by atoms with Gasteiger partial charge < -0.3 is 20.1 Å². The van der Waals surface area contributed by atoms with Crippen LogP contribution in [-0.4, -0.2) is 35.9 Å². The number of likely N-dealkylation sites (tertiary alicyclic amines) is 1. The molecule has 5 nitrogen and oxygen atoms in total. The van der Waals surface area contributed by atoms with Gasteiger partial charge in [-0.05, 0) is 41.9 Å². The molecular formula is C20H23N3O2S. The number of rotatable bonds is 5. The molecule has 26 heavy (non-hydrogen) atoms. The third kappa shape index (κ3) is 4.26. The van der Waals surface area contributed by atoms with E-state index in [0.29, 0.717) is 24.5 Å². The molecule has 1 atom stereocenters. The molecule has 1 saturated heterocycles. The van der Waals surface area contributed by atoms with E-state index in [9.17, 15) is 0 Å². The number of ether oxygens (including phenoxy) is 2. The lowest BCUT2D eigenvalue weighted by Crippen LogP contribution is -2.42. The molecule has 2 aromatic carbocycles. The van der Waals surface area contributed by atoms with Crippen LogP contribution in [0.2, 0.25) is 0 Å². The van der Waals surface area contributed by atoms with Gasteiger partial charge >= 0.3 is 0 Å². The van der Waals surface area contributed by atoms with Gasteiger partial charge in [-0.1, -0.05) is 36.4 Å². The molecule has 136 valence electrons. The van der Waals surface area contributed by atoms with Crippen molar-refractivity contribution < 1.29 is 9.47 Å². The summed E-state index contributed by atoms with van der Waals surface area (Å²) in [6.07, 6.45) is 1.11. The Balaban J connectivity index is 1.21. The fourth-order valence-electron chi connectivity index (χ4n) is 3.41. The van der Waals surface area contributed by atoms with E-state index in [1.165, 1.54) is 5.56 Å². The highest BCUT2D eigenvalue weighted by Gasteiger charge is 2.22. The second kappa shape index (κ2) is 7.93. The van der Waals surface area contributed by atoms with Crippen molar-refractivity contribution in [3.05, 3.63) is 59.7 Å². The van der Waals surface area contributed by atoms with Crippen molar-refractivity contribution in [2.45, 2.75) is 25.6 Å². The highest BCUT2D eigenvalue weighted by atomic mass is 32.1. The Bertz CT molecular complexity index is 769. The summed E-state index contributed by atoms with van der Waals surface area (Å²) < 4.78 is 10.7. The first-order chi connectivity index (χ1) is 12.8. The Morgan fingerprint density at radius 2 is 1.92 bits per heavy atom. The summed E-state index contributed by atoms with van der Waals surface area (Å²) in [5.74, 6) is 1.61. The SMILES string of the molecule is S=C(NCc1ccc2c(c1)OCO2)N[C@@H]1CCN(Cc2ccccc2)C1. The van der Waals surface area contributed by atoms with Crippen LogP contribution in [0.25, 0.3) is 0 Å². The van der Waals surface area contributed by atoms with Crippen LogP contribution in [0.5, 0.6) is 11.5 Å². The quantitative estimate of drug-likeness (QED) is 0.790. The predicted octanol–water partition coefficient (Wildman–Crippen LogP) is 2.65. The standard InChI is InChI=1S/C20H23N3O2S/c26-20(21-11-16-6-7-18-19(10-16)25-14-24-18)22-17-8-9-23(13-17)12-15-4-2-1-3-5-15/h1-7,10,17H,8-9,11-14H2,(H2,21,22,26)/t17-/m1/s1. The zero-order valence-electron chi connectivity index (χ0n) is 14.6. The third-order valence-corrected chi connectivity index (χ3v) is 5.01. The fourth-order valence-corrected chi connectivity index (χ4v) is 3.64. The minimum absolute atomic E-state index is 0.299. The van der Waals surface area contributed by atoms with Crippen LogP contribution >= 0.6 is 12.2 Å². The van der Waals surface area contributed by atoms with Crippen molar-refractivity contribution in [1.82, 2.24) is 15.5 Å². The van der Waals surface area contributed by atoms with Crippen molar-refractivity contribution in [2.75, 3.05) is 19.9 Å². The van der Waals surface area contributed by atoms with E-state index >= 15 is 0 Å². The summed E-state index contributed by atoms with van der Waals surface area (Å²) in [5, 5.41) is 7.43. The van der Waals surface area contributed by atoms with Gasteiger partial charge in [-0.2, -0.15) is 0 Å². The van der Waals surface area contributed by atoms with Crippen molar-refractivity contribution in [3.8, 4) is 11.5 Å². The summed E-state index contributed by atoms with van der Waals surface area (Å²) in [6.45, 7) is 4.07. The van der Waals surface area contributed by atoms with Crippen LogP contribution in [0.1, 0.15) is 17.5 Å². The minimum Gasteiger partial charge on any atom is -0.454 e. The highest BCUT2D eigenvalue weighted by Crippen LogP contribution is 2.32. The second-order valence-electron chi connectivity index (χ2n) is 6.72. The lowest BCUT2D eigenvalue weighted by Gasteiger charge is -2.18. The van der Waals surface area contributed by atoms with E-state index in [1.807, 2.05) is 18.2 Å². The topological polar surface area (TPSA) is 45.8 Å². The van der Waals surface area contributed by atoms with E-state index < -0.39 is 0 Å². The van der Waals surface area contributed by atoms with Gasteiger partial charge in [0.2, 0.25) is 6.79 Å². The van der Waals surface area contributed by atoms with Gasteiger partial charge in [0.15, 0.2) is 16.6 Å². The average molecular weight is 369 g/mol. The van der Waals surface area contributed by atoms with E-state index in [-0.39, 0.29) is 0 Å². The zero-order chi connectivity index (χ0) is 17.8. The van der Waals surface area contributed by atoms with Gasteiger partial charge in [0, 0.05) is 32.2 Å². The monoisotopic (exact) mass is 369 g/mol. The van der Waals surface area contributed by atoms with E-state index in [2.05, 4.69) is 45.9 Å². The van der Waals surface area contributed by atoms with Crippen molar-refractivity contribution in [3.63, 3.8) is 0 Å². The first kappa shape index (κ1) is 17.1. The molecule has 6 heteroatoms. The van der Waals surface area contributed by atoms with Crippen LogP contribution in [0, 0.1) is 0 Å². The smallest absolute Gasteiger partial charge is 0.231 e. The van der Waals surface area contributed by atoms with Crippen LogP contribution in [0.4, 0.5) is 0 Å². The van der Waals surface area contributed by atoms with Gasteiger partial charge in [-0.3, -0.25) is 4.90 Å². The maximum atomic E-state index is 5.46. The number of fused-ring (bicyclic) bond motifs is 1. The number of benzene rings is 2. The molecule has 0 aliphatic carbocycles. The largest absolute Gasteiger partial charge is 0.454 e. The number of nitrogens with one attached hydrogen (secondary N) is 2. The lowest BCUT2D eigenvalue weighted by molar-refractivity contribution is 0.174. The molecule has 0 amide bonds. The Kier molecular flexibility index (Phi) is 5.22. The minimum atomic E-state index is 0.299. The Labute approximate surface area is 159 Å². The molecule has 0 saturated carbocycles. The normalized spacial score (nSPS) is 18.7. The van der Waals surface area contributed by atoms with Crippen LogP contribution in [0.3, 0.4) is 0 Å². The molecule has 0 aromatic heterocycles. The molecule has 4 rings (SSSR count). The molecule has 2 N–H and O–H groups in total. The van der Waals surface area contributed by atoms with Crippen molar-refractivity contribution in [1.29, 1.82) is 0 Å². The fraction of sp³-hybridized carbons (Fsp3) is 0.350. The predicted molar refractivity (Wildman–Crippen MR) is 105 cm³/mol. The zero-order valence-corrected chi connectivity index (χ0v) is 15.4. The van der Waals surface area contributed by atoms with Gasteiger partial charge in [0.05, 0.1) is 0 Å². The van der Waals surface area contributed by atoms with E-state index in [4.69, 9.17) is 21.7 Å². The average Bonchev–Trinajstić information content (AvgIpc) is 3.29. The molecule has 2 aliphatic heterocycles. The third-order valence-electron chi connectivity index (χ3n) is 4.75. The molecule has 1 fully saturated rings. The molecular weight excluding hydrogens is 346 g/mol. The number of hydrogen-bond donors (Lipinski definition) is 2. The number of thiocarbonyl (C=S) groups is 1. The molecule has 0 bridgehead atoms. The van der Waals surface area contributed by atoms with Crippen LogP contribution in [-0.2, 0) is 13.1 Å². The first-order valence-electron chi connectivity index (χ1n) is 8.95. The lowest BCUT2D eigenvalue weighted by atomic mass is 10.2. The van der Waals surface area contributed by atoms with Gasteiger partial charge in [0.25, 0.3) is 0 Å². The number of hydrogen-bond acceptors (Lipinski definition) is 4. The number of nitrogens with zero attached hydrogens (tertiary/aromatic N) is 1. The molecule has 2 aromatic rings. The van der Waals surface area contributed by atoms with Crippen LogP contribution < -0.4 is 20.1 Å². The summed E-state index contributed by atoms with van der Waals surface area (Å²) in [4.78, 5) is 2.47. The maximum Gasteiger partial charge on any atom is 0.231 e. The van der Waals surface area contributed by atoms with Gasteiger partial charge in [-0.25, -0.2) is 0 Å². The maximum absolute atomic E-state index is 5.46. The van der Waals surface area contributed by atoms with Crippen molar-refractivity contribution in [2.24, 2.45) is 0 Å². The summed E-state index contributed by atoms with van der Waals surface area (Å²) in [6, 6.07) is 17.0. The van der Waals surface area contributed by atoms with Gasteiger partial charge in [0.1, 0.15) is 0 Å². The first-order valence-corrected chi connectivity index (χ1v) is 9.36. The molecule has 2 aliphatic rings.